The Morgan fingerprint density at radius 1 is 1.33 bits per heavy atom. The number of hydrogen-bond donors (Lipinski definition) is 3. The van der Waals surface area contributed by atoms with E-state index in [1.165, 1.54) is 0 Å². The first-order valence-electron chi connectivity index (χ1n) is 6.56. The number of nitrogens with two attached hydrogens (primary N) is 1. The Balaban J connectivity index is 2.48. The monoisotopic (exact) mass is 257 g/mol. The number of hydrogen-bond acceptors (Lipinski definition) is 4. The van der Waals surface area contributed by atoms with Crippen LogP contribution in [-0.4, -0.2) is 65.2 Å². The molecule has 0 aromatic rings. The Morgan fingerprint density at radius 3 is 2.28 bits per heavy atom. The van der Waals surface area contributed by atoms with Gasteiger partial charge in [0.05, 0.1) is 5.60 Å². The second-order valence-electron chi connectivity index (χ2n) is 5.77. The predicted molar refractivity (Wildman–Crippen MR) is 74.2 cm³/mol. The summed E-state index contributed by atoms with van der Waals surface area (Å²) in [5.74, 6) is 6.27. The lowest BCUT2D eigenvalue weighted by molar-refractivity contribution is 0.0248. The summed E-state index contributed by atoms with van der Waals surface area (Å²) < 4.78 is 0. The number of nitrogens with zero attached hydrogens (tertiary/aromatic N) is 3. The number of β-amino-alcohol motifs (C(OH)–C–C–N with tert-alkyl or cyclic N) is 1. The van der Waals surface area contributed by atoms with Crippen molar-refractivity contribution in [3.05, 3.63) is 0 Å². The van der Waals surface area contributed by atoms with Gasteiger partial charge in [-0.2, -0.15) is 0 Å². The topological polar surface area (TPSA) is 77.1 Å². The highest BCUT2D eigenvalue weighted by Gasteiger charge is 2.23. The fraction of sp³-hybridized carbons (Fsp3) is 0.917. The smallest absolute Gasteiger partial charge is 0.208 e. The molecule has 0 atom stereocenters. The van der Waals surface area contributed by atoms with Crippen LogP contribution in [0.2, 0.25) is 0 Å². The molecule has 1 heterocycles. The highest BCUT2D eigenvalue weighted by molar-refractivity contribution is 5.79. The molecule has 0 bridgehead atoms. The molecule has 0 saturated carbocycles. The number of piperazine rings is 1. The number of guanidine groups is 1. The van der Waals surface area contributed by atoms with Crippen molar-refractivity contribution in [2.75, 3.05) is 32.7 Å². The maximum atomic E-state index is 9.80. The van der Waals surface area contributed by atoms with Crippen LogP contribution in [0.1, 0.15) is 27.7 Å². The molecule has 6 nitrogen and oxygen atoms in total. The summed E-state index contributed by atoms with van der Waals surface area (Å²) in [5.41, 5.74) is 2.04. The van der Waals surface area contributed by atoms with Gasteiger partial charge >= 0.3 is 0 Å². The fourth-order valence-electron chi connectivity index (χ4n) is 2.12. The molecule has 1 aliphatic rings. The maximum absolute atomic E-state index is 9.80. The standard InChI is InChI=1S/C12H27N5O/c1-10(2)14-11(15-13)17-7-5-16(6-8-17)9-12(3,4)18/h10,18H,5-9,13H2,1-4H3,(H,14,15). The van der Waals surface area contributed by atoms with Crippen molar-refractivity contribution >= 4 is 5.96 Å². The zero-order chi connectivity index (χ0) is 13.8. The molecule has 0 amide bonds. The molecule has 6 heteroatoms. The molecule has 0 aromatic heterocycles. The summed E-state index contributed by atoms with van der Waals surface area (Å²) in [4.78, 5) is 8.87. The van der Waals surface area contributed by atoms with Crippen LogP contribution in [0.15, 0.2) is 4.99 Å². The van der Waals surface area contributed by atoms with E-state index in [2.05, 4.69) is 20.2 Å². The average molecular weight is 257 g/mol. The number of aliphatic imine (C=N–C) groups is 1. The summed E-state index contributed by atoms with van der Waals surface area (Å²) in [6, 6.07) is 0.227. The Hall–Kier alpha value is -0.850. The number of rotatable bonds is 3. The van der Waals surface area contributed by atoms with Crippen molar-refractivity contribution in [2.24, 2.45) is 10.8 Å². The highest BCUT2D eigenvalue weighted by atomic mass is 16.3. The van der Waals surface area contributed by atoms with Crippen LogP contribution < -0.4 is 11.3 Å². The number of hydrazine groups is 1. The van der Waals surface area contributed by atoms with E-state index in [-0.39, 0.29) is 6.04 Å². The van der Waals surface area contributed by atoms with Gasteiger partial charge in [-0.1, -0.05) is 0 Å². The lowest BCUT2D eigenvalue weighted by Gasteiger charge is -2.38. The Bertz CT molecular complexity index is 277. The maximum Gasteiger partial charge on any atom is 0.208 e. The summed E-state index contributed by atoms with van der Waals surface area (Å²) in [5, 5.41) is 9.80. The van der Waals surface area contributed by atoms with Crippen LogP contribution in [0.4, 0.5) is 0 Å². The largest absolute Gasteiger partial charge is 0.389 e. The molecule has 106 valence electrons. The molecular formula is C12H27N5O. The van der Waals surface area contributed by atoms with E-state index < -0.39 is 5.60 Å². The molecule has 0 radical (unpaired) electrons. The molecule has 0 spiro atoms. The molecule has 0 aliphatic carbocycles. The molecule has 18 heavy (non-hydrogen) atoms. The first kappa shape index (κ1) is 15.2. The van der Waals surface area contributed by atoms with E-state index in [0.717, 1.165) is 32.1 Å². The van der Waals surface area contributed by atoms with Gasteiger partial charge in [0.2, 0.25) is 5.96 Å². The third kappa shape index (κ3) is 5.20. The van der Waals surface area contributed by atoms with Crippen molar-refractivity contribution in [1.29, 1.82) is 0 Å². The van der Waals surface area contributed by atoms with Gasteiger partial charge in [-0.25, -0.2) is 10.8 Å². The number of aliphatic hydroxyl groups is 1. The second-order valence-corrected chi connectivity index (χ2v) is 5.77. The van der Waals surface area contributed by atoms with Crippen LogP contribution in [-0.2, 0) is 0 Å². The molecular weight excluding hydrogens is 230 g/mol. The summed E-state index contributed by atoms with van der Waals surface area (Å²) >= 11 is 0. The molecule has 0 unspecified atom stereocenters. The fourth-order valence-corrected chi connectivity index (χ4v) is 2.12. The van der Waals surface area contributed by atoms with Gasteiger partial charge in [0.25, 0.3) is 0 Å². The van der Waals surface area contributed by atoms with E-state index >= 15 is 0 Å². The van der Waals surface area contributed by atoms with Crippen LogP contribution in [0.3, 0.4) is 0 Å². The van der Waals surface area contributed by atoms with Gasteiger partial charge < -0.3 is 10.0 Å². The first-order valence-corrected chi connectivity index (χ1v) is 6.56. The molecule has 0 aromatic carbocycles. The zero-order valence-electron chi connectivity index (χ0n) is 12.0. The third-order valence-corrected chi connectivity index (χ3v) is 2.79. The summed E-state index contributed by atoms with van der Waals surface area (Å²) in [6.45, 7) is 12.0. The van der Waals surface area contributed by atoms with Gasteiger partial charge in [0, 0.05) is 38.8 Å². The van der Waals surface area contributed by atoms with E-state index in [4.69, 9.17) is 5.84 Å². The Morgan fingerprint density at radius 2 is 1.89 bits per heavy atom. The van der Waals surface area contributed by atoms with Crippen molar-refractivity contribution in [2.45, 2.75) is 39.3 Å². The number of nitrogens with one attached hydrogen (secondary N) is 1. The van der Waals surface area contributed by atoms with Gasteiger partial charge in [0.15, 0.2) is 0 Å². The van der Waals surface area contributed by atoms with E-state index in [0.29, 0.717) is 6.54 Å². The second kappa shape index (κ2) is 6.36. The minimum absolute atomic E-state index is 0.227. The van der Waals surface area contributed by atoms with Crippen LogP contribution >= 0.6 is 0 Å². The summed E-state index contributed by atoms with van der Waals surface area (Å²) in [7, 11) is 0. The van der Waals surface area contributed by atoms with Gasteiger partial charge in [-0.3, -0.25) is 10.3 Å². The van der Waals surface area contributed by atoms with Gasteiger partial charge in [-0.15, -0.1) is 0 Å². The molecule has 1 saturated heterocycles. The van der Waals surface area contributed by atoms with Crippen molar-refractivity contribution in [1.82, 2.24) is 15.2 Å². The first-order chi connectivity index (χ1) is 8.31. The zero-order valence-corrected chi connectivity index (χ0v) is 12.0. The molecule has 1 fully saturated rings. The molecule has 1 rings (SSSR count). The SMILES string of the molecule is CC(C)N=C(NN)N1CCN(CC(C)(C)O)CC1. The quantitative estimate of drug-likeness (QED) is 0.278. The average Bonchev–Trinajstić information content (AvgIpc) is 2.24. The van der Waals surface area contributed by atoms with E-state index in [1.807, 2.05) is 27.7 Å². The van der Waals surface area contributed by atoms with Crippen molar-refractivity contribution in [3.8, 4) is 0 Å². The van der Waals surface area contributed by atoms with E-state index in [1.54, 1.807) is 0 Å². The van der Waals surface area contributed by atoms with Crippen LogP contribution in [0.25, 0.3) is 0 Å². The van der Waals surface area contributed by atoms with Crippen LogP contribution in [0.5, 0.6) is 0 Å². The lowest BCUT2D eigenvalue weighted by Crippen LogP contribution is -2.55. The molecule has 1 aliphatic heterocycles. The van der Waals surface area contributed by atoms with Gasteiger partial charge in [-0.05, 0) is 27.7 Å². The predicted octanol–water partition coefficient (Wildman–Crippen LogP) is -0.397. The van der Waals surface area contributed by atoms with Crippen molar-refractivity contribution < 1.29 is 5.11 Å². The normalized spacial score (nSPS) is 19.5. The van der Waals surface area contributed by atoms with Crippen LogP contribution in [0, 0.1) is 0 Å². The van der Waals surface area contributed by atoms with E-state index in [9.17, 15) is 5.11 Å². The minimum atomic E-state index is -0.636. The Labute approximate surface area is 110 Å². The molecule has 4 N–H and O–H groups in total. The van der Waals surface area contributed by atoms with Gasteiger partial charge in [0.1, 0.15) is 0 Å². The Kier molecular flexibility index (Phi) is 5.37. The van der Waals surface area contributed by atoms with Crippen molar-refractivity contribution in [3.63, 3.8) is 0 Å². The highest BCUT2D eigenvalue weighted by Crippen LogP contribution is 2.08. The minimum Gasteiger partial charge on any atom is -0.389 e. The lowest BCUT2D eigenvalue weighted by atomic mass is 10.1. The third-order valence-electron chi connectivity index (χ3n) is 2.79. The summed E-state index contributed by atoms with van der Waals surface area (Å²) in [6.07, 6.45) is 0.